The summed E-state index contributed by atoms with van der Waals surface area (Å²) in [6, 6.07) is 25.0. The lowest BCUT2D eigenvalue weighted by atomic mass is 10.2. The molecule has 0 fully saturated rings. The monoisotopic (exact) mass is 496 g/mol. The molecule has 5 rings (SSSR count). The van der Waals surface area contributed by atoms with Gasteiger partial charge < -0.3 is 20.3 Å². The van der Waals surface area contributed by atoms with E-state index < -0.39 is 0 Å². The van der Waals surface area contributed by atoms with E-state index in [0.717, 1.165) is 11.4 Å². The number of carbonyl (C=O) groups excluding carboxylic acids is 2. The summed E-state index contributed by atoms with van der Waals surface area (Å²) < 4.78 is 5.45. The van der Waals surface area contributed by atoms with Crippen molar-refractivity contribution in [3.05, 3.63) is 96.8 Å². The molecule has 0 spiro atoms. The van der Waals surface area contributed by atoms with Crippen LogP contribution in [-0.2, 0) is 4.79 Å². The minimum Gasteiger partial charge on any atom is -0.494 e. The molecule has 1 aliphatic rings. The van der Waals surface area contributed by atoms with E-state index >= 15 is 0 Å². The number of nitrogens with zero attached hydrogens (tertiary/aromatic N) is 2. The van der Waals surface area contributed by atoms with Crippen molar-refractivity contribution in [3.8, 4) is 5.75 Å². The van der Waals surface area contributed by atoms with E-state index in [1.54, 1.807) is 48.3 Å². The molecular weight excluding hydrogens is 472 g/mol. The van der Waals surface area contributed by atoms with E-state index in [1.807, 2.05) is 24.3 Å². The maximum atomic E-state index is 12.9. The molecule has 0 aliphatic carbocycles. The minimum absolute atomic E-state index is 0.114. The number of carbonyl (C=O) groups is 2. The second kappa shape index (κ2) is 10.5. The SMILES string of the molecule is COc1cc(NC(=O)CCN2c3ccccc3Sc3ccccc32)ccc1NC(=O)c1cccnc1. The first-order valence-corrected chi connectivity index (χ1v) is 12.3. The topological polar surface area (TPSA) is 83.6 Å². The van der Waals surface area contributed by atoms with E-state index in [1.165, 1.54) is 23.1 Å². The zero-order valence-electron chi connectivity index (χ0n) is 19.6. The lowest BCUT2D eigenvalue weighted by Gasteiger charge is -2.32. The van der Waals surface area contributed by atoms with Crippen molar-refractivity contribution in [1.29, 1.82) is 0 Å². The van der Waals surface area contributed by atoms with Crippen LogP contribution in [0.5, 0.6) is 5.75 Å². The lowest BCUT2D eigenvalue weighted by molar-refractivity contribution is -0.116. The Hall–Kier alpha value is -4.30. The van der Waals surface area contributed by atoms with Gasteiger partial charge >= 0.3 is 0 Å². The zero-order valence-corrected chi connectivity index (χ0v) is 20.4. The number of para-hydroxylation sites is 2. The van der Waals surface area contributed by atoms with Gasteiger partial charge in [0.25, 0.3) is 5.91 Å². The number of benzene rings is 3. The summed E-state index contributed by atoms with van der Waals surface area (Å²) in [4.78, 5) is 33.8. The van der Waals surface area contributed by atoms with Gasteiger partial charge in [-0.25, -0.2) is 0 Å². The normalized spacial score (nSPS) is 11.8. The first-order valence-electron chi connectivity index (χ1n) is 11.4. The van der Waals surface area contributed by atoms with Crippen LogP contribution in [0.4, 0.5) is 22.7 Å². The number of methoxy groups -OCH3 is 1. The first kappa shape index (κ1) is 23.4. The molecule has 0 radical (unpaired) electrons. The third-order valence-electron chi connectivity index (χ3n) is 5.75. The maximum absolute atomic E-state index is 12.9. The number of amides is 2. The Bertz CT molecular complexity index is 1370. The van der Waals surface area contributed by atoms with Crippen LogP contribution >= 0.6 is 11.8 Å². The Labute approximate surface area is 213 Å². The molecule has 1 aliphatic heterocycles. The standard InChI is InChI=1S/C28H24N4O3S/c1-35-24-17-20(12-13-21(24)31-28(34)19-7-6-15-29-18-19)30-27(33)14-16-32-22-8-2-4-10-25(22)36-26-11-5-3-9-23(26)32/h2-13,15,17-18H,14,16H2,1H3,(H,30,33)(H,31,34). The average molecular weight is 497 g/mol. The fourth-order valence-corrected chi connectivity index (χ4v) is 5.12. The summed E-state index contributed by atoms with van der Waals surface area (Å²) in [5, 5.41) is 5.76. The van der Waals surface area contributed by atoms with Gasteiger partial charge in [0.15, 0.2) is 0 Å². The van der Waals surface area contributed by atoms with Crippen molar-refractivity contribution in [3.63, 3.8) is 0 Å². The Balaban J connectivity index is 1.26. The number of ether oxygens (including phenoxy) is 1. The van der Waals surface area contributed by atoms with E-state index in [-0.39, 0.29) is 11.8 Å². The van der Waals surface area contributed by atoms with Crippen molar-refractivity contribution in [1.82, 2.24) is 4.98 Å². The van der Waals surface area contributed by atoms with Crippen molar-refractivity contribution in [2.45, 2.75) is 16.2 Å². The fourth-order valence-electron chi connectivity index (χ4n) is 4.02. The second-order valence-corrected chi connectivity index (χ2v) is 9.18. The molecule has 0 saturated carbocycles. The minimum atomic E-state index is -0.293. The molecule has 1 aromatic heterocycles. The van der Waals surface area contributed by atoms with Crippen LogP contribution in [0, 0.1) is 0 Å². The number of fused-ring (bicyclic) bond motifs is 2. The van der Waals surface area contributed by atoms with Crippen LogP contribution in [0.2, 0.25) is 0 Å². The average Bonchev–Trinajstić information content (AvgIpc) is 2.92. The quantitative estimate of drug-likeness (QED) is 0.328. The lowest BCUT2D eigenvalue weighted by Crippen LogP contribution is -2.25. The molecule has 36 heavy (non-hydrogen) atoms. The van der Waals surface area contributed by atoms with Gasteiger partial charge in [0.1, 0.15) is 5.75 Å². The van der Waals surface area contributed by atoms with E-state index in [9.17, 15) is 9.59 Å². The van der Waals surface area contributed by atoms with Crippen molar-refractivity contribution >= 4 is 46.3 Å². The Morgan fingerprint density at radius 3 is 2.31 bits per heavy atom. The Morgan fingerprint density at radius 2 is 1.64 bits per heavy atom. The summed E-state index contributed by atoms with van der Waals surface area (Å²) in [6.07, 6.45) is 3.40. The van der Waals surface area contributed by atoms with Crippen LogP contribution in [0.1, 0.15) is 16.8 Å². The highest BCUT2D eigenvalue weighted by Crippen LogP contribution is 2.47. The van der Waals surface area contributed by atoms with Crippen LogP contribution in [0.15, 0.2) is 101 Å². The molecule has 0 saturated heterocycles. The summed E-state index contributed by atoms with van der Waals surface area (Å²) >= 11 is 1.74. The van der Waals surface area contributed by atoms with Gasteiger partial charge in [-0.2, -0.15) is 0 Å². The van der Waals surface area contributed by atoms with Gasteiger partial charge in [0.2, 0.25) is 5.91 Å². The number of rotatable bonds is 7. The highest BCUT2D eigenvalue weighted by molar-refractivity contribution is 7.99. The van der Waals surface area contributed by atoms with Crippen molar-refractivity contribution in [2.75, 3.05) is 29.2 Å². The molecule has 0 unspecified atom stereocenters. The molecular formula is C28H24N4O3S. The van der Waals surface area contributed by atoms with Gasteiger partial charge in [0.05, 0.1) is 29.7 Å². The van der Waals surface area contributed by atoms with Crippen LogP contribution in [0.3, 0.4) is 0 Å². The maximum Gasteiger partial charge on any atom is 0.257 e. The molecule has 2 N–H and O–H groups in total. The van der Waals surface area contributed by atoms with Gasteiger partial charge in [-0.05, 0) is 48.5 Å². The Morgan fingerprint density at radius 1 is 0.917 bits per heavy atom. The first-order chi connectivity index (χ1) is 17.6. The molecule has 8 heteroatoms. The van der Waals surface area contributed by atoms with E-state index in [0.29, 0.717) is 35.7 Å². The summed E-state index contributed by atoms with van der Waals surface area (Å²) in [5.74, 6) is 0.0387. The van der Waals surface area contributed by atoms with Crippen LogP contribution in [0.25, 0.3) is 0 Å². The largest absolute Gasteiger partial charge is 0.494 e. The summed E-state index contributed by atoms with van der Waals surface area (Å²) in [7, 11) is 1.52. The molecule has 4 aromatic rings. The predicted molar refractivity (Wildman–Crippen MR) is 142 cm³/mol. The van der Waals surface area contributed by atoms with E-state index in [2.05, 4.69) is 44.8 Å². The van der Waals surface area contributed by atoms with Gasteiger partial charge in [-0.15, -0.1) is 0 Å². The molecule has 3 aromatic carbocycles. The second-order valence-electron chi connectivity index (χ2n) is 8.10. The molecule has 180 valence electrons. The zero-order chi connectivity index (χ0) is 24.9. The molecule has 7 nitrogen and oxygen atoms in total. The number of aromatic nitrogens is 1. The predicted octanol–water partition coefficient (Wildman–Crippen LogP) is 5.97. The third kappa shape index (κ3) is 5.04. The molecule has 2 heterocycles. The number of hydrogen-bond donors (Lipinski definition) is 2. The summed E-state index contributed by atoms with van der Waals surface area (Å²) in [5.41, 5.74) is 3.74. The molecule has 0 atom stereocenters. The highest BCUT2D eigenvalue weighted by atomic mass is 32.2. The third-order valence-corrected chi connectivity index (χ3v) is 6.88. The molecule has 0 bridgehead atoms. The number of hydrogen-bond acceptors (Lipinski definition) is 6. The Kier molecular flexibility index (Phi) is 6.86. The van der Waals surface area contributed by atoms with E-state index in [4.69, 9.17) is 4.74 Å². The number of pyridine rings is 1. The molecule has 2 amide bonds. The summed E-state index contributed by atoms with van der Waals surface area (Å²) in [6.45, 7) is 0.538. The fraction of sp³-hybridized carbons (Fsp3) is 0.107. The number of nitrogens with one attached hydrogen (secondary N) is 2. The van der Waals surface area contributed by atoms with Gasteiger partial charge in [-0.1, -0.05) is 36.0 Å². The van der Waals surface area contributed by atoms with Crippen LogP contribution in [-0.4, -0.2) is 30.5 Å². The highest BCUT2D eigenvalue weighted by Gasteiger charge is 2.23. The van der Waals surface area contributed by atoms with Gasteiger partial charge in [0, 0.05) is 46.9 Å². The van der Waals surface area contributed by atoms with Gasteiger partial charge in [-0.3, -0.25) is 14.6 Å². The number of anilines is 4. The van der Waals surface area contributed by atoms with Crippen molar-refractivity contribution < 1.29 is 14.3 Å². The van der Waals surface area contributed by atoms with Crippen molar-refractivity contribution in [2.24, 2.45) is 0 Å². The van der Waals surface area contributed by atoms with Crippen LogP contribution < -0.4 is 20.3 Å². The smallest absolute Gasteiger partial charge is 0.257 e.